The van der Waals surface area contributed by atoms with E-state index in [0.29, 0.717) is 24.7 Å². The molecule has 6 heteroatoms. The Morgan fingerprint density at radius 2 is 2.21 bits per heavy atom. The number of aromatic nitrogens is 4. The van der Waals surface area contributed by atoms with Gasteiger partial charge in [-0.3, -0.25) is 0 Å². The third-order valence-corrected chi connectivity index (χ3v) is 2.98. The topological polar surface area (TPSA) is 78.8 Å². The third-order valence-electron chi connectivity index (χ3n) is 2.98. The number of anilines is 1. The summed E-state index contributed by atoms with van der Waals surface area (Å²) in [4.78, 5) is 0. The van der Waals surface area contributed by atoms with Gasteiger partial charge in [-0.1, -0.05) is 12.1 Å². The van der Waals surface area contributed by atoms with Crippen LogP contribution in [0.5, 0.6) is 0 Å². The maximum atomic E-state index is 6.09. The van der Waals surface area contributed by atoms with E-state index in [1.165, 1.54) is 0 Å². The first-order chi connectivity index (χ1) is 9.13. The highest BCUT2D eigenvalue weighted by molar-refractivity contribution is 5.73. The van der Waals surface area contributed by atoms with E-state index in [9.17, 15) is 0 Å². The highest BCUT2D eigenvalue weighted by Gasteiger charge is 2.14. The Bertz CT molecular complexity index is 552. The van der Waals surface area contributed by atoms with Crippen LogP contribution in [-0.2, 0) is 11.3 Å². The van der Waals surface area contributed by atoms with Gasteiger partial charge < -0.3 is 10.5 Å². The van der Waals surface area contributed by atoms with E-state index in [2.05, 4.69) is 15.5 Å². The van der Waals surface area contributed by atoms with E-state index in [0.717, 1.165) is 11.1 Å². The van der Waals surface area contributed by atoms with Crippen molar-refractivity contribution in [3.05, 3.63) is 23.8 Å². The molecule has 1 unspecified atom stereocenters. The summed E-state index contributed by atoms with van der Waals surface area (Å²) in [5.74, 6) is 0.674. The van der Waals surface area contributed by atoms with Gasteiger partial charge >= 0.3 is 0 Å². The minimum Gasteiger partial charge on any atom is -0.398 e. The van der Waals surface area contributed by atoms with Crippen LogP contribution in [0.4, 0.5) is 5.69 Å². The zero-order valence-corrected chi connectivity index (χ0v) is 11.5. The first-order valence-corrected chi connectivity index (χ1v) is 6.36. The molecule has 1 aromatic carbocycles. The first-order valence-electron chi connectivity index (χ1n) is 6.36. The Morgan fingerprint density at radius 3 is 2.95 bits per heavy atom. The van der Waals surface area contributed by atoms with Crippen molar-refractivity contribution in [2.24, 2.45) is 0 Å². The van der Waals surface area contributed by atoms with Crippen molar-refractivity contribution in [3.63, 3.8) is 0 Å². The Balaban J connectivity index is 2.31. The molecule has 0 spiro atoms. The molecule has 0 aliphatic heterocycles. The molecule has 0 saturated carbocycles. The number of nitrogen functional groups attached to an aromatic ring is 1. The largest absolute Gasteiger partial charge is 0.398 e. The summed E-state index contributed by atoms with van der Waals surface area (Å²) < 4.78 is 7.24. The van der Waals surface area contributed by atoms with Crippen molar-refractivity contribution in [2.75, 3.05) is 12.3 Å². The second kappa shape index (κ2) is 5.79. The minimum atomic E-state index is 0.0540. The first kappa shape index (κ1) is 13.5. The molecule has 1 heterocycles. The molecule has 0 fully saturated rings. The van der Waals surface area contributed by atoms with Gasteiger partial charge in [0.2, 0.25) is 0 Å². The average molecular weight is 261 g/mol. The fourth-order valence-electron chi connectivity index (χ4n) is 1.98. The van der Waals surface area contributed by atoms with Crippen LogP contribution in [-0.4, -0.2) is 32.9 Å². The molecule has 2 aromatic rings. The summed E-state index contributed by atoms with van der Waals surface area (Å²) in [5.41, 5.74) is 8.68. The normalized spacial score (nSPS) is 12.6. The number of benzene rings is 1. The van der Waals surface area contributed by atoms with Crippen LogP contribution in [0, 0.1) is 6.92 Å². The zero-order chi connectivity index (χ0) is 13.8. The molecule has 0 aliphatic carbocycles. The van der Waals surface area contributed by atoms with Crippen molar-refractivity contribution in [1.82, 2.24) is 20.2 Å². The number of nitrogens with two attached hydrogens (primary N) is 1. The fraction of sp³-hybridized carbons (Fsp3) is 0.462. The van der Waals surface area contributed by atoms with Gasteiger partial charge in [-0.15, -0.1) is 5.10 Å². The van der Waals surface area contributed by atoms with E-state index in [-0.39, 0.29) is 6.10 Å². The molecular formula is C13H19N5O. The van der Waals surface area contributed by atoms with Gasteiger partial charge in [0, 0.05) is 17.9 Å². The van der Waals surface area contributed by atoms with Crippen LogP contribution >= 0.6 is 0 Å². The number of aryl methyl sites for hydroxylation is 1. The lowest BCUT2D eigenvalue weighted by atomic mass is 10.1. The van der Waals surface area contributed by atoms with Crippen LogP contribution < -0.4 is 5.73 Å². The lowest BCUT2D eigenvalue weighted by Gasteiger charge is -2.13. The molecule has 6 nitrogen and oxygen atoms in total. The van der Waals surface area contributed by atoms with Crippen molar-refractivity contribution in [2.45, 2.75) is 33.4 Å². The van der Waals surface area contributed by atoms with E-state index in [1.807, 2.05) is 39.0 Å². The number of para-hydroxylation sites is 1. The molecule has 1 atom stereocenters. The Hall–Kier alpha value is -1.95. The number of rotatable bonds is 5. The van der Waals surface area contributed by atoms with Crippen LogP contribution in [0.25, 0.3) is 11.4 Å². The second-order valence-corrected chi connectivity index (χ2v) is 4.49. The number of ether oxygens (including phenoxy) is 1. The highest BCUT2D eigenvalue weighted by Crippen LogP contribution is 2.26. The lowest BCUT2D eigenvalue weighted by molar-refractivity contribution is 0.0614. The smallest absolute Gasteiger partial charge is 0.184 e. The van der Waals surface area contributed by atoms with Crippen molar-refractivity contribution in [1.29, 1.82) is 0 Å². The van der Waals surface area contributed by atoms with E-state index >= 15 is 0 Å². The molecule has 0 aliphatic rings. The van der Waals surface area contributed by atoms with Crippen molar-refractivity contribution < 1.29 is 4.74 Å². The van der Waals surface area contributed by atoms with E-state index < -0.39 is 0 Å². The Kier molecular flexibility index (Phi) is 4.11. The number of hydrogen-bond acceptors (Lipinski definition) is 5. The second-order valence-electron chi connectivity index (χ2n) is 4.49. The van der Waals surface area contributed by atoms with Crippen LogP contribution in [0.1, 0.15) is 19.4 Å². The molecular weight excluding hydrogens is 242 g/mol. The standard InChI is InChI=1S/C13H19N5O/c1-4-19-10(3)8-18-13(15-16-17-18)11-7-5-6-9(2)12(11)14/h5-7,10H,4,8,14H2,1-3H3. The number of nitrogens with zero attached hydrogens (tertiary/aromatic N) is 4. The summed E-state index contributed by atoms with van der Waals surface area (Å²) in [6.45, 7) is 7.20. The average Bonchev–Trinajstić information content (AvgIpc) is 2.81. The molecule has 0 saturated heterocycles. The Labute approximate surface area is 112 Å². The predicted octanol–water partition coefficient (Wildman–Crippen LogP) is 1.66. The third kappa shape index (κ3) is 2.90. The number of hydrogen-bond donors (Lipinski definition) is 1. The zero-order valence-electron chi connectivity index (χ0n) is 11.5. The SMILES string of the molecule is CCOC(C)Cn1nnnc1-c1cccc(C)c1N. The molecule has 102 valence electrons. The van der Waals surface area contributed by atoms with Gasteiger partial charge in [0.1, 0.15) is 0 Å². The van der Waals surface area contributed by atoms with Crippen LogP contribution in [0.2, 0.25) is 0 Å². The molecule has 0 amide bonds. The highest BCUT2D eigenvalue weighted by atomic mass is 16.5. The van der Waals surface area contributed by atoms with Gasteiger partial charge in [0.15, 0.2) is 5.82 Å². The van der Waals surface area contributed by atoms with Gasteiger partial charge in [0.05, 0.1) is 12.6 Å². The van der Waals surface area contributed by atoms with Gasteiger partial charge in [0.25, 0.3) is 0 Å². The quantitative estimate of drug-likeness (QED) is 0.828. The summed E-state index contributed by atoms with van der Waals surface area (Å²) >= 11 is 0. The van der Waals surface area contributed by atoms with E-state index in [1.54, 1.807) is 4.68 Å². The molecule has 1 aromatic heterocycles. The van der Waals surface area contributed by atoms with Gasteiger partial charge in [-0.2, -0.15) is 0 Å². The lowest BCUT2D eigenvalue weighted by Crippen LogP contribution is -2.18. The molecule has 19 heavy (non-hydrogen) atoms. The van der Waals surface area contributed by atoms with Gasteiger partial charge in [-0.25, -0.2) is 4.68 Å². The summed E-state index contributed by atoms with van der Waals surface area (Å²) in [6, 6.07) is 5.84. The molecule has 0 bridgehead atoms. The molecule has 0 radical (unpaired) electrons. The summed E-state index contributed by atoms with van der Waals surface area (Å²) in [5, 5.41) is 11.8. The van der Waals surface area contributed by atoms with Crippen molar-refractivity contribution >= 4 is 5.69 Å². The monoisotopic (exact) mass is 261 g/mol. The molecule has 2 N–H and O–H groups in total. The maximum absolute atomic E-state index is 6.09. The van der Waals surface area contributed by atoms with E-state index in [4.69, 9.17) is 10.5 Å². The Morgan fingerprint density at radius 1 is 1.42 bits per heavy atom. The van der Waals surface area contributed by atoms with Gasteiger partial charge in [-0.05, 0) is 42.8 Å². The minimum absolute atomic E-state index is 0.0540. The summed E-state index contributed by atoms with van der Waals surface area (Å²) in [6.07, 6.45) is 0.0540. The molecule has 2 rings (SSSR count). The van der Waals surface area contributed by atoms with Crippen LogP contribution in [0.15, 0.2) is 18.2 Å². The maximum Gasteiger partial charge on any atom is 0.184 e. The fourth-order valence-corrected chi connectivity index (χ4v) is 1.98. The predicted molar refractivity (Wildman–Crippen MR) is 73.5 cm³/mol. The van der Waals surface area contributed by atoms with Crippen molar-refractivity contribution in [3.8, 4) is 11.4 Å². The van der Waals surface area contributed by atoms with Crippen LogP contribution in [0.3, 0.4) is 0 Å². The number of tetrazole rings is 1. The summed E-state index contributed by atoms with van der Waals surface area (Å²) in [7, 11) is 0.